The van der Waals surface area contributed by atoms with Crippen molar-refractivity contribution in [1.82, 2.24) is 4.98 Å². The van der Waals surface area contributed by atoms with Gasteiger partial charge in [0.25, 0.3) is 0 Å². The van der Waals surface area contributed by atoms with E-state index in [1.54, 1.807) is 19.3 Å². The van der Waals surface area contributed by atoms with Gasteiger partial charge in [-0.05, 0) is 30.5 Å². The molecule has 0 saturated carbocycles. The van der Waals surface area contributed by atoms with Gasteiger partial charge in [-0.1, -0.05) is 5.11 Å². The summed E-state index contributed by atoms with van der Waals surface area (Å²) in [6.07, 6.45) is 2.86. The molecule has 0 saturated heterocycles. The highest BCUT2D eigenvalue weighted by Crippen LogP contribution is 2.24. The van der Waals surface area contributed by atoms with Crippen molar-refractivity contribution < 1.29 is 4.79 Å². The molecule has 2 rings (SSSR count). The SMILES string of the molecule is CN1C(=O)C(N=[N+]=[N-])CCc2ncccc21. The minimum absolute atomic E-state index is 0.176. The highest BCUT2D eigenvalue weighted by atomic mass is 16.2. The number of fused-ring (bicyclic) bond motifs is 1. The summed E-state index contributed by atoms with van der Waals surface area (Å²) >= 11 is 0. The van der Waals surface area contributed by atoms with Gasteiger partial charge in [0, 0.05) is 18.2 Å². The van der Waals surface area contributed by atoms with Crippen LogP contribution in [0, 0.1) is 0 Å². The third-order valence-electron chi connectivity index (χ3n) is 2.69. The van der Waals surface area contributed by atoms with Gasteiger partial charge in [0.1, 0.15) is 6.04 Å². The molecule has 1 atom stereocenters. The maximum atomic E-state index is 11.9. The number of azide groups is 1. The van der Waals surface area contributed by atoms with Crippen LogP contribution in [0.2, 0.25) is 0 Å². The van der Waals surface area contributed by atoms with Crippen molar-refractivity contribution in [2.75, 3.05) is 11.9 Å². The second-order valence-corrected chi connectivity index (χ2v) is 3.63. The maximum absolute atomic E-state index is 11.9. The number of pyridine rings is 1. The summed E-state index contributed by atoms with van der Waals surface area (Å²) in [7, 11) is 1.67. The lowest BCUT2D eigenvalue weighted by Crippen LogP contribution is -2.33. The smallest absolute Gasteiger partial charge is 0.235 e. The lowest BCUT2D eigenvalue weighted by molar-refractivity contribution is -0.119. The Balaban J connectivity index is 2.41. The minimum Gasteiger partial charge on any atom is -0.313 e. The van der Waals surface area contributed by atoms with Gasteiger partial charge in [-0.15, -0.1) is 0 Å². The lowest BCUT2D eigenvalue weighted by Gasteiger charge is -2.18. The van der Waals surface area contributed by atoms with Gasteiger partial charge >= 0.3 is 0 Å². The van der Waals surface area contributed by atoms with Crippen LogP contribution in [0.3, 0.4) is 0 Å². The van der Waals surface area contributed by atoms with Gasteiger partial charge in [0.15, 0.2) is 0 Å². The molecule has 0 bridgehead atoms. The molecule has 1 aromatic heterocycles. The van der Waals surface area contributed by atoms with Crippen LogP contribution < -0.4 is 4.90 Å². The summed E-state index contributed by atoms with van der Waals surface area (Å²) < 4.78 is 0. The van der Waals surface area contributed by atoms with Crippen LogP contribution in [0.1, 0.15) is 12.1 Å². The molecule has 0 aliphatic carbocycles. The molecule has 0 N–H and O–H groups in total. The predicted molar refractivity (Wildman–Crippen MR) is 58.9 cm³/mol. The van der Waals surface area contributed by atoms with Crippen molar-refractivity contribution >= 4 is 11.6 Å². The molecule has 0 spiro atoms. The molecule has 0 radical (unpaired) electrons. The molecule has 2 heterocycles. The molecule has 0 fully saturated rings. The predicted octanol–water partition coefficient (Wildman–Crippen LogP) is 1.67. The Kier molecular flexibility index (Phi) is 2.74. The van der Waals surface area contributed by atoms with Gasteiger partial charge in [-0.25, -0.2) is 0 Å². The zero-order valence-electron chi connectivity index (χ0n) is 8.87. The molecule has 1 unspecified atom stereocenters. The van der Waals surface area contributed by atoms with Crippen LogP contribution in [0.4, 0.5) is 5.69 Å². The molecule has 6 nitrogen and oxygen atoms in total. The van der Waals surface area contributed by atoms with E-state index in [9.17, 15) is 4.79 Å². The van der Waals surface area contributed by atoms with Crippen molar-refractivity contribution in [1.29, 1.82) is 0 Å². The van der Waals surface area contributed by atoms with E-state index < -0.39 is 6.04 Å². The zero-order valence-corrected chi connectivity index (χ0v) is 8.87. The second-order valence-electron chi connectivity index (χ2n) is 3.63. The summed E-state index contributed by atoms with van der Waals surface area (Å²) in [5.74, 6) is -0.176. The Labute approximate surface area is 92.5 Å². The van der Waals surface area contributed by atoms with E-state index in [1.165, 1.54) is 4.90 Å². The number of nitrogens with zero attached hydrogens (tertiary/aromatic N) is 5. The molecule has 6 heteroatoms. The van der Waals surface area contributed by atoms with E-state index in [4.69, 9.17) is 5.53 Å². The van der Waals surface area contributed by atoms with Crippen molar-refractivity contribution in [2.45, 2.75) is 18.9 Å². The van der Waals surface area contributed by atoms with Gasteiger partial charge in [-0.2, -0.15) is 0 Å². The molecule has 1 amide bonds. The first kappa shape index (κ1) is 10.4. The number of carbonyl (C=O) groups is 1. The molecular weight excluding hydrogens is 206 g/mol. The van der Waals surface area contributed by atoms with E-state index in [1.807, 2.05) is 6.07 Å². The van der Waals surface area contributed by atoms with E-state index in [0.717, 1.165) is 11.4 Å². The zero-order chi connectivity index (χ0) is 11.5. The lowest BCUT2D eigenvalue weighted by atomic mass is 10.1. The van der Waals surface area contributed by atoms with Crippen LogP contribution in [-0.4, -0.2) is 24.0 Å². The fourth-order valence-electron chi connectivity index (χ4n) is 1.84. The van der Waals surface area contributed by atoms with Crippen molar-refractivity contribution in [3.63, 3.8) is 0 Å². The van der Waals surface area contributed by atoms with Gasteiger partial charge in [0.2, 0.25) is 5.91 Å². The summed E-state index contributed by atoms with van der Waals surface area (Å²) in [5.41, 5.74) is 10.1. The number of aryl methyl sites for hydroxylation is 1. The molecule has 16 heavy (non-hydrogen) atoms. The number of rotatable bonds is 1. The fourth-order valence-corrected chi connectivity index (χ4v) is 1.84. The first-order chi connectivity index (χ1) is 7.74. The Hall–Kier alpha value is -2.07. The third kappa shape index (κ3) is 1.70. The number of likely N-dealkylation sites (N-methyl/N-ethyl adjacent to an activating group) is 1. The van der Waals surface area contributed by atoms with E-state index >= 15 is 0 Å². The highest BCUT2D eigenvalue weighted by molar-refractivity contribution is 5.97. The highest BCUT2D eigenvalue weighted by Gasteiger charge is 2.27. The van der Waals surface area contributed by atoms with Crippen LogP contribution in [0.15, 0.2) is 23.4 Å². The van der Waals surface area contributed by atoms with Crippen molar-refractivity contribution in [3.8, 4) is 0 Å². The summed E-state index contributed by atoms with van der Waals surface area (Å²) in [4.78, 5) is 20.4. The van der Waals surface area contributed by atoms with E-state index in [2.05, 4.69) is 15.0 Å². The van der Waals surface area contributed by atoms with Crippen LogP contribution in [0.5, 0.6) is 0 Å². The van der Waals surface area contributed by atoms with E-state index in [-0.39, 0.29) is 5.91 Å². The summed E-state index contributed by atoms with van der Waals surface area (Å²) in [5, 5.41) is 3.52. The number of carbonyl (C=O) groups excluding carboxylic acids is 1. The Bertz CT molecular complexity index is 466. The number of aromatic nitrogens is 1. The largest absolute Gasteiger partial charge is 0.313 e. The molecule has 0 aromatic carbocycles. The fraction of sp³-hybridized carbons (Fsp3) is 0.400. The van der Waals surface area contributed by atoms with E-state index in [0.29, 0.717) is 12.8 Å². The van der Waals surface area contributed by atoms with Crippen molar-refractivity contribution in [2.24, 2.45) is 5.11 Å². The molecule has 1 aliphatic rings. The monoisotopic (exact) mass is 217 g/mol. The Morgan fingerprint density at radius 2 is 2.50 bits per heavy atom. The van der Waals surface area contributed by atoms with Gasteiger partial charge < -0.3 is 4.90 Å². The van der Waals surface area contributed by atoms with Gasteiger partial charge in [-0.3, -0.25) is 9.78 Å². The summed E-state index contributed by atoms with van der Waals surface area (Å²) in [6, 6.07) is 3.01. The van der Waals surface area contributed by atoms with Crippen LogP contribution in [-0.2, 0) is 11.2 Å². The van der Waals surface area contributed by atoms with Gasteiger partial charge in [0.05, 0.1) is 11.4 Å². The molecule has 1 aliphatic heterocycles. The second kappa shape index (κ2) is 4.20. The number of hydrogen-bond donors (Lipinski definition) is 0. The quantitative estimate of drug-likeness (QED) is 0.407. The van der Waals surface area contributed by atoms with Crippen molar-refractivity contribution in [3.05, 3.63) is 34.5 Å². The number of amides is 1. The standard InChI is InChI=1S/C10H11N5O/c1-15-9-3-2-6-12-7(9)4-5-8(10(15)16)13-14-11/h2-3,6,8H,4-5H2,1H3. The Morgan fingerprint density at radius 3 is 3.25 bits per heavy atom. The normalized spacial score (nSPS) is 19.7. The average Bonchev–Trinajstić information content (AvgIpc) is 2.43. The molecule has 82 valence electrons. The van der Waals surface area contributed by atoms with Crippen LogP contribution in [0.25, 0.3) is 10.4 Å². The summed E-state index contributed by atoms with van der Waals surface area (Å²) in [6.45, 7) is 0. The first-order valence-electron chi connectivity index (χ1n) is 4.99. The molecular formula is C10H11N5O. The average molecular weight is 217 g/mol. The molecule has 1 aromatic rings. The number of anilines is 1. The Morgan fingerprint density at radius 1 is 1.69 bits per heavy atom. The first-order valence-corrected chi connectivity index (χ1v) is 4.99. The van der Waals surface area contributed by atoms with Crippen LogP contribution >= 0.6 is 0 Å². The number of hydrogen-bond acceptors (Lipinski definition) is 3. The minimum atomic E-state index is -0.621. The third-order valence-corrected chi connectivity index (χ3v) is 2.69. The maximum Gasteiger partial charge on any atom is 0.235 e. The topological polar surface area (TPSA) is 82.0 Å².